The summed E-state index contributed by atoms with van der Waals surface area (Å²) >= 11 is 0. The highest BCUT2D eigenvalue weighted by molar-refractivity contribution is 7.90. The first-order chi connectivity index (χ1) is 9.88. The van der Waals surface area contributed by atoms with Gasteiger partial charge in [-0.2, -0.15) is 0 Å². The molecule has 0 radical (unpaired) electrons. The number of rotatable bonds is 6. The summed E-state index contributed by atoms with van der Waals surface area (Å²) < 4.78 is 36.9. The zero-order chi connectivity index (χ0) is 15.6. The van der Waals surface area contributed by atoms with Crippen molar-refractivity contribution in [1.82, 2.24) is 5.32 Å². The summed E-state index contributed by atoms with van der Waals surface area (Å²) in [6.45, 7) is 5.30. The van der Waals surface area contributed by atoms with E-state index in [1.54, 1.807) is 6.07 Å². The third-order valence-electron chi connectivity index (χ3n) is 4.45. The molecule has 118 valence electrons. The van der Waals surface area contributed by atoms with E-state index in [1.807, 2.05) is 0 Å². The Hall–Kier alpha value is -0.940. The van der Waals surface area contributed by atoms with Crippen LogP contribution in [-0.4, -0.2) is 27.3 Å². The molecule has 3 atom stereocenters. The zero-order valence-electron chi connectivity index (χ0n) is 12.9. The Bertz CT molecular complexity index is 600. The molecule has 3 unspecified atom stereocenters. The molecule has 1 aromatic carbocycles. The van der Waals surface area contributed by atoms with Crippen LogP contribution in [0.3, 0.4) is 0 Å². The van der Waals surface area contributed by atoms with Crippen molar-refractivity contribution in [3.8, 4) is 0 Å². The number of hydrogen-bond acceptors (Lipinski definition) is 3. The molecule has 5 heteroatoms. The Morgan fingerprint density at radius 3 is 2.57 bits per heavy atom. The second kappa shape index (κ2) is 6.44. The monoisotopic (exact) mass is 313 g/mol. The minimum absolute atomic E-state index is 0.209. The normalized spacial score (nSPS) is 25.6. The van der Waals surface area contributed by atoms with Crippen LogP contribution in [0.4, 0.5) is 4.39 Å². The molecule has 1 fully saturated rings. The standard InChI is InChI=1S/C16H24FNO2S/c1-4-8-18-15-10-13(12(15)5-2)11-6-7-16(14(17)9-11)21(3,19)20/h6-7,9,12-13,15,18H,4-5,8,10H2,1-3H3. The van der Waals surface area contributed by atoms with Crippen molar-refractivity contribution in [2.24, 2.45) is 5.92 Å². The van der Waals surface area contributed by atoms with Gasteiger partial charge in [0.25, 0.3) is 0 Å². The number of benzene rings is 1. The van der Waals surface area contributed by atoms with E-state index in [4.69, 9.17) is 0 Å². The first kappa shape index (κ1) is 16.4. The van der Waals surface area contributed by atoms with E-state index in [9.17, 15) is 12.8 Å². The second-order valence-electron chi connectivity index (χ2n) is 5.94. The average molecular weight is 313 g/mol. The molecule has 0 amide bonds. The minimum Gasteiger partial charge on any atom is -0.314 e. The maximum atomic E-state index is 14.0. The van der Waals surface area contributed by atoms with Crippen LogP contribution < -0.4 is 5.32 Å². The Morgan fingerprint density at radius 1 is 1.33 bits per heavy atom. The fraction of sp³-hybridized carbons (Fsp3) is 0.625. The maximum Gasteiger partial charge on any atom is 0.178 e. The predicted octanol–water partition coefficient (Wildman–Crippen LogP) is 3.11. The van der Waals surface area contributed by atoms with Crippen LogP contribution in [0.15, 0.2) is 23.1 Å². The van der Waals surface area contributed by atoms with Crippen molar-refractivity contribution in [3.63, 3.8) is 0 Å². The molecule has 1 N–H and O–H groups in total. The number of nitrogens with one attached hydrogen (secondary N) is 1. The smallest absolute Gasteiger partial charge is 0.178 e. The summed E-state index contributed by atoms with van der Waals surface area (Å²) in [6.07, 6.45) is 4.18. The van der Waals surface area contributed by atoms with Gasteiger partial charge in [0.05, 0.1) is 0 Å². The van der Waals surface area contributed by atoms with Crippen LogP contribution in [0.1, 0.15) is 44.6 Å². The average Bonchev–Trinajstić information content (AvgIpc) is 2.36. The van der Waals surface area contributed by atoms with Gasteiger partial charge in [0.1, 0.15) is 10.7 Å². The lowest BCUT2D eigenvalue weighted by Gasteiger charge is -2.45. The van der Waals surface area contributed by atoms with Crippen molar-refractivity contribution in [3.05, 3.63) is 29.6 Å². The van der Waals surface area contributed by atoms with Gasteiger partial charge in [-0.05, 0) is 48.9 Å². The molecule has 2 rings (SSSR count). The molecular weight excluding hydrogens is 289 g/mol. The van der Waals surface area contributed by atoms with E-state index in [2.05, 4.69) is 19.2 Å². The lowest BCUT2D eigenvalue weighted by atomic mass is 9.65. The van der Waals surface area contributed by atoms with Crippen LogP contribution >= 0.6 is 0 Å². The van der Waals surface area contributed by atoms with E-state index in [-0.39, 0.29) is 4.90 Å². The Morgan fingerprint density at radius 2 is 2.05 bits per heavy atom. The van der Waals surface area contributed by atoms with Gasteiger partial charge in [0.2, 0.25) is 0 Å². The van der Waals surface area contributed by atoms with Gasteiger partial charge < -0.3 is 5.32 Å². The van der Waals surface area contributed by atoms with Crippen molar-refractivity contribution >= 4 is 9.84 Å². The third-order valence-corrected chi connectivity index (χ3v) is 5.58. The van der Waals surface area contributed by atoms with Crippen LogP contribution in [0.25, 0.3) is 0 Å². The minimum atomic E-state index is -3.49. The molecule has 1 saturated carbocycles. The van der Waals surface area contributed by atoms with Crippen molar-refractivity contribution in [1.29, 1.82) is 0 Å². The summed E-state index contributed by atoms with van der Waals surface area (Å²) in [5, 5.41) is 3.53. The summed E-state index contributed by atoms with van der Waals surface area (Å²) in [5.74, 6) is 0.197. The van der Waals surface area contributed by atoms with Gasteiger partial charge in [-0.1, -0.05) is 26.3 Å². The fourth-order valence-corrected chi connectivity index (χ4v) is 4.00. The summed E-state index contributed by atoms with van der Waals surface area (Å²) in [6, 6.07) is 5.07. The Balaban J connectivity index is 2.15. The van der Waals surface area contributed by atoms with E-state index in [0.717, 1.165) is 37.6 Å². The Labute approximate surface area is 126 Å². The number of sulfone groups is 1. The highest BCUT2D eigenvalue weighted by Crippen LogP contribution is 2.45. The van der Waals surface area contributed by atoms with Crippen molar-refractivity contribution < 1.29 is 12.8 Å². The molecular formula is C16H24FNO2S. The second-order valence-corrected chi connectivity index (χ2v) is 7.92. The summed E-state index contributed by atoms with van der Waals surface area (Å²) in [5.41, 5.74) is 0.918. The highest BCUT2D eigenvalue weighted by Gasteiger charge is 2.40. The number of hydrogen-bond donors (Lipinski definition) is 1. The molecule has 1 aromatic rings. The van der Waals surface area contributed by atoms with Gasteiger partial charge in [0, 0.05) is 12.3 Å². The quantitative estimate of drug-likeness (QED) is 0.878. The third kappa shape index (κ3) is 3.46. The first-order valence-electron chi connectivity index (χ1n) is 7.61. The zero-order valence-corrected chi connectivity index (χ0v) is 13.7. The maximum absolute atomic E-state index is 14.0. The fourth-order valence-electron chi connectivity index (χ4n) is 3.27. The lowest BCUT2D eigenvalue weighted by molar-refractivity contribution is 0.160. The molecule has 0 aromatic heterocycles. The molecule has 1 aliphatic rings. The van der Waals surface area contributed by atoms with Crippen LogP contribution in [0.2, 0.25) is 0 Å². The van der Waals surface area contributed by atoms with Gasteiger partial charge >= 0.3 is 0 Å². The van der Waals surface area contributed by atoms with E-state index < -0.39 is 15.7 Å². The van der Waals surface area contributed by atoms with Crippen molar-refractivity contribution in [2.75, 3.05) is 12.8 Å². The Kier molecular flexibility index (Phi) is 5.04. The molecule has 3 nitrogen and oxygen atoms in total. The topological polar surface area (TPSA) is 46.2 Å². The lowest BCUT2D eigenvalue weighted by Crippen LogP contribution is -2.49. The molecule has 0 spiro atoms. The van der Waals surface area contributed by atoms with Crippen LogP contribution in [0, 0.1) is 11.7 Å². The van der Waals surface area contributed by atoms with Gasteiger partial charge in [-0.15, -0.1) is 0 Å². The largest absolute Gasteiger partial charge is 0.314 e. The molecule has 0 saturated heterocycles. The molecule has 1 aliphatic carbocycles. The number of halogens is 1. The molecule has 21 heavy (non-hydrogen) atoms. The molecule has 0 heterocycles. The van der Waals surface area contributed by atoms with Crippen molar-refractivity contribution in [2.45, 2.75) is 50.0 Å². The van der Waals surface area contributed by atoms with E-state index in [1.165, 1.54) is 12.1 Å². The summed E-state index contributed by atoms with van der Waals surface area (Å²) in [4.78, 5) is -0.209. The van der Waals surface area contributed by atoms with E-state index in [0.29, 0.717) is 17.9 Å². The SMILES string of the molecule is CCCNC1CC(c2ccc(S(C)(=O)=O)c(F)c2)C1CC. The molecule has 0 bridgehead atoms. The van der Waals surface area contributed by atoms with Crippen LogP contribution in [0.5, 0.6) is 0 Å². The summed E-state index contributed by atoms with van der Waals surface area (Å²) in [7, 11) is -3.49. The predicted molar refractivity (Wildman–Crippen MR) is 82.7 cm³/mol. The van der Waals surface area contributed by atoms with Gasteiger partial charge in [0.15, 0.2) is 9.84 Å². The van der Waals surface area contributed by atoms with Crippen LogP contribution in [-0.2, 0) is 9.84 Å². The highest BCUT2D eigenvalue weighted by atomic mass is 32.2. The van der Waals surface area contributed by atoms with Gasteiger partial charge in [-0.3, -0.25) is 0 Å². The van der Waals surface area contributed by atoms with Gasteiger partial charge in [-0.25, -0.2) is 12.8 Å². The van der Waals surface area contributed by atoms with E-state index >= 15 is 0 Å². The first-order valence-corrected chi connectivity index (χ1v) is 9.50. The molecule has 0 aliphatic heterocycles.